The SMILES string of the molecule is COc1ncnc(OC)c1-n1c(NSC(C)C(OC)c2ncc(Cl)cn2)nnc1C1CC12CC2. The van der Waals surface area contributed by atoms with Crippen LogP contribution in [0.4, 0.5) is 5.95 Å². The third kappa shape index (κ3) is 4.14. The predicted molar refractivity (Wildman–Crippen MR) is 127 cm³/mol. The second-order valence-corrected chi connectivity index (χ2v) is 10.0. The summed E-state index contributed by atoms with van der Waals surface area (Å²) in [6, 6.07) is 0. The molecule has 180 valence electrons. The summed E-state index contributed by atoms with van der Waals surface area (Å²) in [6.45, 7) is 2.01. The highest BCUT2D eigenvalue weighted by Gasteiger charge is 2.65. The molecule has 0 bridgehead atoms. The zero-order valence-electron chi connectivity index (χ0n) is 19.2. The smallest absolute Gasteiger partial charge is 0.245 e. The van der Waals surface area contributed by atoms with Gasteiger partial charge >= 0.3 is 0 Å². The minimum absolute atomic E-state index is 0.0775. The van der Waals surface area contributed by atoms with E-state index in [0.29, 0.717) is 45.6 Å². The molecule has 2 fully saturated rings. The lowest BCUT2D eigenvalue weighted by Crippen LogP contribution is -2.19. The van der Waals surface area contributed by atoms with E-state index in [1.165, 1.54) is 31.1 Å². The fourth-order valence-corrected chi connectivity index (χ4v) is 5.13. The third-order valence-electron chi connectivity index (χ3n) is 6.36. The molecule has 0 saturated heterocycles. The maximum absolute atomic E-state index is 5.93. The first-order valence-corrected chi connectivity index (χ1v) is 12.1. The van der Waals surface area contributed by atoms with Gasteiger partial charge in [0.15, 0.2) is 11.5 Å². The lowest BCUT2D eigenvalue weighted by atomic mass is 10.2. The van der Waals surface area contributed by atoms with E-state index in [-0.39, 0.29) is 11.4 Å². The molecular weight excluding hydrogens is 480 g/mol. The summed E-state index contributed by atoms with van der Waals surface area (Å²) in [7, 11) is 4.75. The fourth-order valence-electron chi connectivity index (χ4n) is 4.26. The van der Waals surface area contributed by atoms with Gasteiger partial charge in [0, 0.05) is 25.4 Å². The van der Waals surface area contributed by atoms with Crippen molar-refractivity contribution in [3.63, 3.8) is 0 Å². The maximum Gasteiger partial charge on any atom is 0.245 e. The average Bonchev–Trinajstić information content (AvgIpc) is 3.75. The second kappa shape index (κ2) is 9.16. The van der Waals surface area contributed by atoms with Crippen molar-refractivity contribution in [3.05, 3.63) is 35.4 Å². The average molecular weight is 505 g/mol. The Morgan fingerprint density at radius 3 is 2.32 bits per heavy atom. The first-order chi connectivity index (χ1) is 16.5. The molecule has 0 aromatic carbocycles. The molecule has 11 nitrogen and oxygen atoms in total. The monoisotopic (exact) mass is 504 g/mol. The number of halogens is 1. The topological polar surface area (TPSA) is 122 Å². The number of aromatic nitrogens is 7. The molecule has 0 amide bonds. The van der Waals surface area contributed by atoms with Gasteiger partial charge in [0.1, 0.15) is 18.3 Å². The van der Waals surface area contributed by atoms with Crippen molar-refractivity contribution in [1.29, 1.82) is 0 Å². The number of hydrogen-bond acceptors (Lipinski definition) is 11. The van der Waals surface area contributed by atoms with Crippen molar-refractivity contribution in [2.45, 2.75) is 43.5 Å². The zero-order valence-corrected chi connectivity index (χ0v) is 20.8. The van der Waals surface area contributed by atoms with Crippen molar-refractivity contribution in [3.8, 4) is 17.4 Å². The van der Waals surface area contributed by atoms with Gasteiger partial charge in [-0.3, -0.25) is 9.29 Å². The van der Waals surface area contributed by atoms with Crippen molar-refractivity contribution in [2.24, 2.45) is 5.41 Å². The van der Waals surface area contributed by atoms with Gasteiger partial charge in [-0.1, -0.05) is 11.6 Å². The first kappa shape index (κ1) is 23.1. The number of rotatable bonds is 10. The molecule has 3 aromatic heterocycles. The Balaban J connectivity index is 1.45. The molecule has 3 aromatic rings. The molecule has 13 heteroatoms. The Morgan fingerprint density at radius 2 is 1.76 bits per heavy atom. The molecule has 1 spiro atoms. The molecular formula is C21H25ClN8O3S. The van der Waals surface area contributed by atoms with Crippen LogP contribution in [0.1, 0.15) is 49.9 Å². The largest absolute Gasteiger partial charge is 0.479 e. The Kier molecular flexibility index (Phi) is 6.21. The summed E-state index contributed by atoms with van der Waals surface area (Å²) in [5.74, 6) is 3.01. The third-order valence-corrected chi connectivity index (χ3v) is 7.47. The van der Waals surface area contributed by atoms with Crippen molar-refractivity contribution in [1.82, 2.24) is 34.7 Å². The summed E-state index contributed by atoms with van der Waals surface area (Å²) in [5, 5.41) is 9.41. The second-order valence-electron chi connectivity index (χ2n) is 8.42. The van der Waals surface area contributed by atoms with Crippen LogP contribution in [0.2, 0.25) is 5.02 Å². The quantitative estimate of drug-likeness (QED) is 0.407. The molecule has 1 N–H and O–H groups in total. The number of nitrogens with zero attached hydrogens (tertiary/aromatic N) is 7. The van der Waals surface area contributed by atoms with Crippen LogP contribution in [0, 0.1) is 5.41 Å². The van der Waals surface area contributed by atoms with Gasteiger partial charge in [0.2, 0.25) is 17.7 Å². The Morgan fingerprint density at radius 1 is 1.09 bits per heavy atom. The van der Waals surface area contributed by atoms with E-state index in [2.05, 4.69) is 34.9 Å². The number of nitrogens with one attached hydrogen (secondary N) is 1. The van der Waals surface area contributed by atoms with Gasteiger partial charge in [-0.25, -0.2) is 9.97 Å². The van der Waals surface area contributed by atoms with Gasteiger partial charge in [-0.2, -0.15) is 9.97 Å². The van der Waals surface area contributed by atoms with Crippen LogP contribution in [0.25, 0.3) is 5.69 Å². The first-order valence-electron chi connectivity index (χ1n) is 10.8. The number of methoxy groups -OCH3 is 3. The minimum Gasteiger partial charge on any atom is -0.479 e. The molecule has 3 heterocycles. The number of ether oxygens (including phenoxy) is 3. The van der Waals surface area contributed by atoms with Crippen molar-refractivity contribution >= 4 is 29.5 Å². The highest BCUT2D eigenvalue weighted by atomic mass is 35.5. The molecule has 3 unspecified atom stereocenters. The van der Waals surface area contributed by atoms with Gasteiger partial charge < -0.3 is 14.2 Å². The van der Waals surface area contributed by atoms with E-state index >= 15 is 0 Å². The molecule has 5 rings (SSSR count). The molecule has 0 radical (unpaired) electrons. The van der Waals surface area contributed by atoms with E-state index in [4.69, 9.17) is 25.8 Å². The summed E-state index contributed by atoms with van der Waals surface area (Å²) in [5.41, 5.74) is 0.932. The van der Waals surface area contributed by atoms with E-state index in [9.17, 15) is 0 Å². The zero-order chi connectivity index (χ0) is 23.9. The van der Waals surface area contributed by atoms with Crippen molar-refractivity contribution in [2.75, 3.05) is 26.1 Å². The number of hydrogen-bond donors (Lipinski definition) is 1. The molecule has 0 aliphatic heterocycles. The highest BCUT2D eigenvalue weighted by Crippen LogP contribution is 2.75. The highest BCUT2D eigenvalue weighted by molar-refractivity contribution is 8.01. The van der Waals surface area contributed by atoms with E-state index in [1.54, 1.807) is 33.7 Å². The van der Waals surface area contributed by atoms with Gasteiger partial charge in [0.05, 0.1) is 24.5 Å². The van der Waals surface area contributed by atoms with Crippen LogP contribution < -0.4 is 14.2 Å². The summed E-state index contributed by atoms with van der Waals surface area (Å²) in [6.07, 6.45) is 7.69. The van der Waals surface area contributed by atoms with E-state index in [1.807, 2.05) is 11.5 Å². The normalized spacial score (nSPS) is 19.5. The van der Waals surface area contributed by atoms with Crippen LogP contribution in [-0.2, 0) is 4.74 Å². The van der Waals surface area contributed by atoms with Gasteiger partial charge in [-0.05, 0) is 43.5 Å². The molecule has 34 heavy (non-hydrogen) atoms. The lowest BCUT2D eigenvalue weighted by Gasteiger charge is -2.21. The Hall–Kier alpha value is -2.70. The van der Waals surface area contributed by atoms with Crippen LogP contribution in [0.3, 0.4) is 0 Å². The molecule has 2 aliphatic carbocycles. The van der Waals surface area contributed by atoms with Crippen LogP contribution in [0.15, 0.2) is 18.7 Å². The molecule has 2 aliphatic rings. The van der Waals surface area contributed by atoms with Crippen molar-refractivity contribution < 1.29 is 14.2 Å². The van der Waals surface area contributed by atoms with Crippen LogP contribution in [0.5, 0.6) is 11.8 Å². The van der Waals surface area contributed by atoms with Gasteiger partial charge in [-0.15, -0.1) is 10.2 Å². The van der Waals surface area contributed by atoms with E-state index in [0.717, 1.165) is 12.2 Å². The lowest BCUT2D eigenvalue weighted by molar-refractivity contribution is 0.0972. The number of anilines is 1. The summed E-state index contributed by atoms with van der Waals surface area (Å²) in [4.78, 5) is 17.2. The minimum atomic E-state index is -0.368. The molecule has 3 atom stereocenters. The summed E-state index contributed by atoms with van der Waals surface area (Å²) < 4.78 is 22.0. The Labute approximate surface area is 206 Å². The van der Waals surface area contributed by atoms with Crippen LogP contribution in [-0.4, -0.2) is 61.3 Å². The standard InChI is InChI=1S/C21H25ClN8O3S/c1-11(15(31-2)16-23-8-12(22)9-24-16)34-29-20-28-27-17(13-7-21(13)5-6-21)30(20)14-18(32-3)25-10-26-19(14)33-4/h8-11,13,15H,5-7H2,1-4H3,(H,28,29). The summed E-state index contributed by atoms with van der Waals surface area (Å²) >= 11 is 7.35. The maximum atomic E-state index is 5.93. The Bertz CT molecular complexity index is 1150. The van der Waals surface area contributed by atoms with E-state index < -0.39 is 0 Å². The van der Waals surface area contributed by atoms with Gasteiger partial charge in [0.25, 0.3) is 0 Å². The molecule has 2 saturated carbocycles. The predicted octanol–water partition coefficient (Wildman–Crippen LogP) is 3.62. The fraction of sp³-hybridized carbons (Fsp3) is 0.524. The van der Waals surface area contributed by atoms with Crippen LogP contribution >= 0.6 is 23.5 Å².